The second-order valence-electron chi connectivity index (χ2n) is 5.75. The number of rotatable bonds is 4. The molecule has 0 atom stereocenters. The van der Waals surface area contributed by atoms with Crippen LogP contribution in [0.25, 0.3) is 0 Å². The molecule has 1 aliphatic rings. The average Bonchev–Trinajstić information content (AvgIpc) is 2.50. The van der Waals surface area contributed by atoms with Crippen molar-refractivity contribution in [3.05, 3.63) is 65.5 Å². The Bertz CT molecular complexity index is 682. The fraction of sp³-hybridized carbons (Fsp3) is 0.278. The molecule has 2 aromatic carbocycles. The van der Waals surface area contributed by atoms with Crippen LogP contribution in [-0.2, 0) is 6.54 Å². The lowest BCUT2D eigenvalue weighted by atomic mass is 10.1. The molecule has 4 nitrogen and oxygen atoms in total. The van der Waals surface area contributed by atoms with Crippen molar-refractivity contribution < 1.29 is 13.9 Å². The minimum Gasteiger partial charge on any atom is -0.487 e. The lowest BCUT2D eigenvalue weighted by molar-refractivity contribution is 0.0443. The maximum atomic E-state index is 13.1. The predicted molar refractivity (Wildman–Crippen MR) is 85.8 cm³/mol. The zero-order valence-electron chi connectivity index (χ0n) is 13.0. The fourth-order valence-corrected chi connectivity index (χ4v) is 2.42. The summed E-state index contributed by atoms with van der Waals surface area (Å²) in [5.74, 6) is 0.521. The Kier molecular flexibility index (Phi) is 4.46. The highest BCUT2D eigenvalue weighted by Gasteiger charge is 2.32. The van der Waals surface area contributed by atoms with Gasteiger partial charge in [0.2, 0.25) is 0 Å². The summed E-state index contributed by atoms with van der Waals surface area (Å²) < 4.78 is 18.9. The fourth-order valence-electron chi connectivity index (χ4n) is 2.42. The van der Waals surface area contributed by atoms with Gasteiger partial charge in [-0.2, -0.15) is 0 Å². The Hall–Kier alpha value is -2.56. The third-order valence-electron chi connectivity index (χ3n) is 3.79. The van der Waals surface area contributed by atoms with Crippen LogP contribution in [-0.4, -0.2) is 30.1 Å². The molecule has 1 aliphatic heterocycles. The molecule has 0 unspecified atom stereocenters. The lowest BCUT2D eigenvalue weighted by Gasteiger charge is -2.38. The number of hydrogen-bond donors (Lipinski definition) is 1. The number of aryl methyl sites for hydroxylation is 1. The maximum Gasteiger partial charge on any atom is 0.317 e. The number of amides is 2. The van der Waals surface area contributed by atoms with Gasteiger partial charge in [-0.3, -0.25) is 0 Å². The normalized spacial score (nSPS) is 14.3. The molecule has 1 fully saturated rings. The van der Waals surface area contributed by atoms with E-state index in [1.165, 1.54) is 17.7 Å². The van der Waals surface area contributed by atoms with Gasteiger partial charge < -0.3 is 15.0 Å². The third kappa shape index (κ3) is 4.00. The molecule has 0 aliphatic carbocycles. The predicted octanol–water partition coefficient (Wildman–Crippen LogP) is 3.11. The summed E-state index contributed by atoms with van der Waals surface area (Å²) in [5.41, 5.74) is 1.93. The van der Waals surface area contributed by atoms with Gasteiger partial charge in [0.1, 0.15) is 17.7 Å². The van der Waals surface area contributed by atoms with Crippen LogP contribution in [0.2, 0.25) is 0 Å². The number of likely N-dealkylation sites (tertiary alicyclic amines) is 1. The number of carbonyl (C=O) groups is 1. The van der Waals surface area contributed by atoms with E-state index in [9.17, 15) is 9.18 Å². The summed E-state index contributed by atoms with van der Waals surface area (Å²) in [7, 11) is 0. The average molecular weight is 314 g/mol. The van der Waals surface area contributed by atoms with E-state index in [2.05, 4.69) is 5.32 Å². The first-order valence-corrected chi connectivity index (χ1v) is 7.61. The van der Waals surface area contributed by atoms with Crippen molar-refractivity contribution in [1.82, 2.24) is 10.2 Å². The van der Waals surface area contributed by atoms with Gasteiger partial charge in [-0.25, -0.2) is 9.18 Å². The van der Waals surface area contributed by atoms with Crippen molar-refractivity contribution in [2.75, 3.05) is 13.1 Å². The summed E-state index contributed by atoms with van der Waals surface area (Å²) in [6.45, 7) is 3.46. The van der Waals surface area contributed by atoms with Gasteiger partial charge in [-0.15, -0.1) is 0 Å². The van der Waals surface area contributed by atoms with Crippen LogP contribution >= 0.6 is 0 Å². The molecule has 0 saturated carbocycles. The molecule has 2 amide bonds. The number of nitrogens with zero attached hydrogens (tertiary/aromatic N) is 1. The first-order chi connectivity index (χ1) is 11.1. The van der Waals surface area contributed by atoms with Gasteiger partial charge in [0.05, 0.1) is 13.1 Å². The van der Waals surface area contributed by atoms with Gasteiger partial charge in [0, 0.05) is 6.54 Å². The summed E-state index contributed by atoms with van der Waals surface area (Å²) in [5, 5.41) is 2.78. The second-order valence-corrected chi connectivity index (χ2v) is 5.75. The first kappa shape index (κ1) is 15.3. The third-order valence-corrected chi connectivity index (χ3v) is 3.79. The molecule has 2 aromatic rings. The van der Waals surface area contributed by atoms with Gasteiger partial charge in [-0.05, 0) is 36.8 Å². The molecular weight excluding hydrogens is 295 g/mol. The Morgan fingerprint density at radius 2 is 2.00 bits per heavy atom. The van der Waals surface area contributed by atoms with E-state index in [1.807, 2.05) is 31.2 Å². The molecule has 0 radical (unpaired) electrons. The summed E-state index contributed by atoms with van der Waals surface area (Å²) in [6.07, 6.45) is 0.0256. The van der Waals surface area contributed by atoms with E-state index >= 15 is 0 Å². The number of halogens is 1. The van der Waals surface area contributed by atoms with Gasteiger partial charge in [0.25, 0.3) is 0 Å². The molecule has 5 heteroatoms. The van der Waals surface area contributed by atoms with Gasteiger partial charge in [0.15, 0.2) is 0 Å². The summed E-state index contributed by atoms with van der Waals surface area (Å²) in [6, 6.07) is 13.9. The van der Waals surface area contributed by atoms with Crippen LogP contribution in [0.3, 0.4) is 0 Å². The monoisotopic (exact) mass is 314 g/mol. The van der Waals surface area contributed by atoms with E-state index in [4.69, 9.17) is 4.74 Å². The van der Waals surface area contributed by atoms with Crippen molar-refractivity contribution in [2.24, 2.45) is 0 Å². The molecule has 0 bridgehead atoms. The highest BCUT2D eigenvalue weighted by Crippen LogP contribution is 2.18. The number of benzene rings is 2. The van der Waals surface area contributed by atoms with Crippen molar-refractivity contribution in [3.63, 3.8) is 0 Å². The van der Waals surface area contributed by atoms with Gasteiger partial charge >= 0.3 is 6.03 Å². The smallest absolute Gasteiger partial charge is 0.317 e. The van der Waals surface area contributed by atoms with E-state index in [1.54, 1.807) is 17.0 Å². The molecule has 120 valence electrons. The number of ether oxygens (including phenoxy) is 1. The van der Waals surface area contributed by atoms with Crippen LogP contribution in [0.1, 0.15) is 11.1 Å². The molecule has 1 heterocycles. The lowest BCUT2D eigenvalue weighted by Crippen LogP contribution is -2.58. The molecular formula is C18H19FN2O2. The Labute approximate surface area is 134 Å². The Morgan fingerprint density at radius 3 is 2.70 bits per heavy atom. The van der Waals surface area contributed by atoms with Crippen LogP contribution in [0.15, 0.2) is 48.5 Å². The first-order valence-electron chi connectivity index (χ1n) is 7.61. The largest absolute Gasteiger partial charge is 0.487 e. The van der Waals surface area contributed by atoms with E-state index in [0.29, 0.717) is 19.6 Å². The zero-order valence-corrected chi connectivity index (χ0v) is 13.0. The molecule has 1 saturated heterocycles. The number of hydrogen-bond acceptors (Lipinski definition) is 2. The number of urea groups is 1. The SMILES string of the molecule is Cc1ccc(OC2CN(C(=O)NCc3cccc(F)c3)C2)cc1. The second kappa shape index (κ2) is 6.69. The summed E-state index contributed by atoms with van der Waals surface area (Å²) in [4.78, 5) is 13.7. The van der Waals surface area contributed by atoms with Gasteiger partial charge in [-0.1, -0.05) is 29.8 Å². The molecule has 3 rings (SSSR count). The topological polar surface area (TPSA) is 41.6 Å². The van der Waals surface area contributed by atoms with E-state index in [0.717, 1.165) is 11.3 Å². The molecule has 0 spiro atoms. The zero-order chi connectivity index (χ0) is 16.2. The van der Waals surface area contributed by atoms with Crippen molar-refractivity contribution in [2.45, 2.75) is 19.6 Å². The van der Waals surface area contributed by atoms with Crippen LogP contribution in [0.4, 0.5) is 9.18 Å². The quantitative estimate of drug-likeness (QED) is 0.942. The van der Waals surface area contributed by atoms with Crippen molar-refractivity contribution in [1.29, 1.82) is 0 Å². The number of nitrogens with one attached hydrogen (secondary N) is 1. The maximum absolute atomic E-state index is 13.1. The minimum atomic E-state index is -0.299. The Morgan fingerprint density at radius 1 is 1.26 bits per heavy atom. The minimum absolute atomic E-state index is 0.0256. The Balaban J connectivity index is 1.42. The van der Waals surface area contributed by atoms with Crippen LogP contribution in [0.5, 0.6) is 5.75 Å². The highest BCUT2D eigenvalue weighted by atomic mass is 19.1. The number of carbonyl (C=O) groups excluding carboxylic acids is 1. The van der Waals surface area contributed by atoms with Crippen molar-refractivity contribution in [3.8, 4) is 5.75 Å². The van der Waals surface area contributed by atoms with Crippen molar-refractivity contribution >= 4 is 6.03 Å². The highest BCUT2D eigenvalue weighted by molar-refractivity contribution is 5.75. The standard InChI is InChI=1S/C18H19FN2O2/c1-13-5-7-16(8-6-13)23-17-11-21(12-17)18(22)20-10-14-3-2-4-15(19)9-14/h2-9,17H,10-12H2,1H3,(H,20,22). The summed E-state index contributed by atoms with van der Waals surface area (Å²) >= 11 is 0. The van der Waals surface area contributed by atoms with Crippen LogP contribution < -0.4 is 10.1 Å². The van der Waals surface area contributed by atoms with E-state index in [-0.39, 0.29) is 18.0 Å². The van der Waals surface area contributed by atoms with Crippen LogP contribution in [0, 0.1) is 12.7 Å². The molecule has 23 heavy (non-hydrogen) atoms. The van der Waals surface area contributed by atoms with E-state index < -0.39 is 0 Å². The molecule has 0 aromatic heterocycles. The molecule has 1 N–H and O–H groups in total.